The first-order valence-electron chi connectivity index (χ1n) is 6.37. The Morgan fingerprint density at radius 3 is 2.50 bits per heavy atom. The molecule has 1 aromatic carbocycles. The summed E-state index contributed by atoms with van der Waals surface area (Å²) < 4.78 is 0. The maximum atomic E-state index is 11.0. The smallest absolute Gasteiger partial charge is 0.293 e. The van der Waals surface area contributed by atoms with Gasteiger partial charge in [0.1, 0.15) is 5.69 Å². The van der Waals surface area contributed by atoms with Gasteiger partial charge in [0.05, 0.1) is 4.92 Å². The largest absolute Gasteiger partial charge is 0.377 e. The predicted octanol–water partition coefficient (Wildman–Crippen LogP) is 4.38. The van der Waals surface area contributed by atoms with Crippen molar-refractivity contribution in [3.63, 3.8) is 0 Å². The van der Waals surface area contributed by atoms with E-state index in [1.54, 1.807) is 12.1 Å². The van der Waals surface area contributed by atoms with Crippen LogP contribution in [0, 0.1) is 10.1 Å². The van der Waals surface area contributed by atoms with Gasteiger partial charge in [0.15, 0.2) is 0 Å². The van der Waals surface area contributed by atoms with Crippen molar-refractivity contribution in [1.82, 2.24) is 0 Å². The van der Waals surface area contributed by atoms with E-state index in [-0.39, 0.29) is 10.6 Å². The standard InChI is InChI=1S/C13H17ClN2O2/c14-10-7-8-12(13(9-10)16(17)18)15-11-5-3-1-2-4-6-11/h7-9,11,15H,1-6H2. The highest BCUT2D eigenvalue weighted by atomic mass is 35.5. The van der Waals surface area contributed by atoms with E-state index in [1.807, 2.05) is 0 Å². The van der Waals surface area contributed by atoms with E-state index < -0.39 is 0 Å². The van der Waals surface area contributed by atoms with E-state index in [9.17, 15) is 10.1 Å². The van der Waals surface area contributed by atoms with Crippen LogP contribution in [0.2, 0.25) is 5.02 Å². The lowest BCUT2D eigenvalue weighted by Gasteiger charge is -2.17. The van der Waals surface area contributed by atoms with Crippen molar-refractivity contribution in [3.05, 3.63) is 33.3 Å². The number of nitro benzene ring substituents is 1. The zero-order valence-electron chi connectivity index (χ0n) is 10.2. The molecular weight excluding hydrogens is 252 g/mol. The molecule has 98 valence electrons. The lowest BCUT2D eigenvalue weighted by atomic mass is 10.1. The highest BCUT2D eigenvalue weighted by molar-refractivity contribution is 6.30. The SMILES string of the molecule is O=[N+]([O-])c1cc(Cl)ccc1NC1CCCCCC1. The number of benzene rings is 1. The van der Waals surface area contributed by atoms with E-state index in [1.165, 1.54) is 31.7 Å². The summed E-state index contributed by atoms with van der Waals surface area (Å²) in [6.45, 7) is 0. The summed E-state index contributed by atoms with van der Waals surface area (Å²) in [6, 6.07) is 5.13. The highest BCUT2D eigenvalue weighted by Gasteiger charge is 2.18. The molecule has 1 aromatic rings. The van der Waals surface area contributed by atoms with E-state index in [2.05, 4.69) is 5.32 Å². The summed E-state index contributed by atoms with van der Waals surface area (Å²) in [7, 11) is 0. The summed E-state index contributed by atoms with van der Waals surface area (Å²) in [5, 5.41) is 14.7. The molecular formula is C13H17ClN2O2. The molecule has 0 amide bonds. The van der Waals surface area contributed by atoms with E-state index in [4.69, 9.17) is 11.6 Å². The van der Waals surface area contributed by atoms with Gasteiger partial charge >= 0.3 is 0 Å². The van der Waals surface area contributed by atoms with Crippen molar-refractivity contribution < 1.29 is 4.92 Å². The number of halogens is 1. The first-order valence-corrected chi connectivity index (χ1v) is 6.75. The summed E-state index contributed by atoms with van der Waals surface area (Å²) in [5.41, 5.74) is 0.642. The van der Waals surface area contributed by atoms with Crippen LogP contribution in [0.5, 0.6) is 0 Å². The van der Waals surface area contributed by atoms with Crippen molar-refractivity contribution in [2.75, 3.05) is 5.32 Å². The average Bonchev–Trinajstić information content (AvgIpc) is 2.60. The van der Waals surface area contributed by atoms with Crippen LogP contribution in [0.4, 0.5) is 11.4 Å². The molecule has 1 N–H and O–H groups in total. The van der Waals surface area contributed by atoms with Crippen molar-refractivity contribution in [2.45, 2.75) is 44.6 Å². The second kappa shape index (κ2) is 6.05. The third-order valence-corrected chi connectivity index (χ3v) is 3.61. The van der Waals surface area contributed by atoms with Crippen LogP contribution >= 0.6 is 11.6 Å². The summed E-state index contributed by atoms with van der Waals surface area (Å²) in [6.07, 6.45) is 7.08. The van der Waals surface area contributed by atoms with Crippen LogP contribution in [0.25, 0.3) is 0 Å². The summed E-state index contributed by atoms with van der Waals surface area (Å²) in [5.74, 6) is 0. The van der Waals surface area contributed by atoms with Crippen LogP contribution in [-0.2, 0) is 0 Å². The van der Waals surface area contributed by atoms with Gasteiger partial charge in [-0.25, -0.2) is 0 Å². The van der Waals surface area contributed by atoms with Gasteiger partial charge < -0.3 is 5.32 Å². The van der Waals surface area contributed by atoms with Crippen molar-refractivity contribution in [1.29, 1.82) is 0 Å². The minimum atomic E-state index is -0.384. The lowest BCUT2D eigenvalue weighted by molar-refractivity contribution is -0.384. The molecule has 4 nitrogen and oxygen atoms in total. The molecule has 0 bridgehead atoms. The van der Waals surface area contributed by atoms with Gasteiger partial charge in [0, 0.05) is 17.1 Å². The Labute approximate surface area is 111 Å². The van der Waals surface area contributed by atoms with Crippen molar-refractivity contribution >= 4 is 23.0 Å². The predicted molar refractivity (Wildman–Crippen MR) is 73.2 cm³/mol. The highest BCUT2D eigenvalue weighted by Crippen LogP contribution is 2.30. The number of hydrogen-bond acceptors (Lipinski definition) is 3. The molecule has 0 aromatic heterocycles. The minimum Gasteiger partial charge on any atom is -0.377 e. The molecule has 0 saturated heterocycles. The number of anilines is 1. The van der Waals surface area contributed by atoms with Crippen LogP contribution in [-0.4, -0.2) is 11.0 Å². The molecule has 18 heavy (non-hydrogen) atoms. The lowest BCUT2D eigenvalue weighted by Crippen LogP contribution is -2.18. The fourth-order valence-electron chi connectivity index (χ4n) is 2.42. The van der Waals surface area contributed by atoms with Gasteiger partial charge in [-0.1, -0.05) is 37.3 Å². The quantitative estimate of drug-likeness (QED) is 0.503. The molecule has 1 aliphatic carbocycles. The Kier molecular flexibility index (Phi) is 4.42. The molecule has 0 heterocycles. The zero-order valence-corrected chi connectivity index (χ0v) is 10.9. The van der Waals surface area contributed by atoms with E-state index in [0.29, 0.717) is 16.8 Å². The van der Waals surface area contributed by atoms with Gasteiger partial charge in [-0.15, -0.1) is 0 Å². The van der Waals surface area contributed by atoms with Crippen LogP contribution in [0.15, 0.2) is 18.2 Å². The Hall–Kier alpha value is -1.29. The maximum absolute atomic E-state index is 11.0. The topological polar surface area (TPSA) is 55.2 Å². The van der Waals surface area contributed by atoms with E-state index in [0.717, 1.165) is 12.8 Å². The van der Waals surface area contributed by atoms with Gasteiger partial charge in [0.25, 0.3) is 5.69 Å². The minimum absolute atomic E-state index is 0.0618. The average molecular weight is 269 g/mol. The van der Waals surface area contributed by atoms with Crippen LogP contribution < -0.4 is 5.32 Å². The normalized spacial score (nSPS) is 17.2. The second-order valence-corrected chi connectivity index (χ2v) is 5.19. The molecule has 5 heteroatoms. The molecule has 1 aliphatic rings. The maximum Gasteiger partial charge on any atom is 0.293 e. The van der Waals surface area contributed by atoms with Gasteiger partial charge in [-0.3, -0.25) is 10.1 Å². The summed E-state index contributed by atoms with van der Waals surface area (Å²) in [4.78, 5) is 10.6. The third kappa shape index (κ3) is 3.35. The third-order valence-electron chi connectivity index (χ3n) is 3.37. The number of hydrogen-bond donors (Lipinski definition) is 1. The second-order valence-electron chi connectivity index (χ2n) is 4.75. The molecule has 0 radical (unpaired) electrons. The zero-order chi connectivity index (χ0) is 13.0. The van der Waals surface area contributed by atoms with Crippen molar-refractivity contribution in [2.24, 2.45) is 0 Å². The molecule has 2 rings (SSSR count). The molecule has 1 saturated carbocycles. The first kappa shape index (κ1) is 13.1. The Balaban J connectivity index is 2.14. The first-order chi connectivity index (χ1) is 8.66. The van der Waals surface area contributed by atoms with Gasteiger partial charge in [0.2, 0.25) is 0 Å². The molecule has 1 fully saturated rings. The van der Waals surface area contributed by atoms with Gasteiger partial charge in [-0.2, -0.15) is 0 Å². The number of nitrogens with one attached hydrogen (secondary N) is 1. The molecule has 0 atom stereocenters. The van der Waals surface area contributed by atoms with Gasteiger partial charge in [-0.05, 0) is 25.0 Å². The Bertz CT molecular complexity index is 429. The fourth-order valence-corrected chi connectivity index (χ4v) is 2.59. The Morgan fingerprint density at radius 2 is 1.89 bits per heavy atom. The van der Waals surface area contributed by atoms with Crippen LogP contribution in [0.3, 0.4) is 0 Å². The van der Waals surface area contributed by atoms with Crippen LogP contribution in [0.1, 0.15) is 38.5 Å². The number of nitro groups is 1. The monoisotopic (exact) mass is 268 g/mol. The number of nitrogens with zero attached hydrogens (tertiary/aromatic N) is 1. The molecule has 0 spiro atoms. The van der Waals surface area contributed by atoms with Crippen molar-refractivity contribution in [3.8, 4) is 0 Å². The molecule has 0 aliphatic heterocycles. The number of rotatable bonds is 3. The Morgan fingerprint density at radius 1 is 1.22 bits per heavy atom. The van der Waals surface area contributed by atoms with E-state index >= 15 is 0 Å². The fraction of sp³-hybridized carbons (Fsp3) is 0.538. The summed E-state index contributed by atoms with van der Waals surface area (Å²) >= 11 is 5.80. The molecule has 0 unspecified atom stereocenters.